The van der Waals surface area contributed by atoms with Gasteiger partial charge in [0.2, 0.25) is 0 Å². The molecule has 1 aliphatic carbocycles. The fourth-order valence-corrected chi connectivity index (χ4v) is 11.5. The van der Waals surface area contributed by atoms with Gasteiger partial charge in [0.25, 0.3) is 0 Å². The molecule has 2 nitrogen and oxygen atoms in total. The van der Waals surface area contributed by atoms with Gasteiger partial charge >= 0.3 is 0 Å². The van der Waals surface area contributed by atoms with Crippen molar-refractivity contribution >= 4 is 55.5 Å². The van der Waals surface area contributed by atoms with Crippen molar-refractivity contribution in [3.8, 4) is 44.8 Å². The van der Waals surface area contributed by atoms with Crippen LogP contribution in [0.25, 0.3) is 75.7 Å². The molecule has 301 valence electrons. The fourth-order valence-electron chi connectivity index (χ4n) is 8.61. The van der Waals surface area contributed by atoms with E-state index >= 15 is 0 Å². The Morgan fingerprint density at radius 2 is 1.28 bits per heavy atom. The van der Waals surface area contributed by atoms with Crippen molar-refractivity contribution in [1.29, 1.82) is 0 Å². The number of fused-ring (bicyclic) bond motifs is 4. The van der Waals surface area contributed by atoms with Gasteiger partial charge in [-0.25, -0.2) is 0 Å². The number of rotatable bonds is 7. The van der Waals surface area contributed by atoms with Crippen LogP contribution in [0, 0.1) is 12.1 Å². The number of hydrogen-bond donors (Lipinski definition) is 0. The van der Waals surface area contributed by atoms with Crippen LogP contribution in [0.15, 0.2) is 152 Å². The molecule has 1 radical (unpaired) electrons. The van der Waals surface area contributed by atoms with E-state index in [1.807, 2.05) is 38.2 Å². The van der Waals surface area contributed by atoms with Gasteiger partial charge in [0, 0.05) is 38.6 Å². The van der Waals surface area contributed by atoms with E-state index in [4.69, 9.17) is 6.35 Å². The summed E-state index contributed by atoms with van der Waals surface area (Å²) in [6.45, 7) is 11.2. The zero-order valence-corrected chi connectivity index (χ0v) is 39.2. The molecule has 10 rings (SSSR count). The molecule has 1 fully saturated rings. The first kappa shape index (κ1) is 40.4. The molecule has 1 saturated carbocycles. The first-order chi connectivity index (χ1) is 29.0. The normalized spacial score (nSPS) is 13.5. The minimum atomic E-state index is -1.39. The van der Waals surface area contributed by atoms with Gasteiger partial charge in [-0.3, -0.25) is 0 Å². The summed E-state index contributed by atoms with van der Waals surface area (Å²) in [5.41, 5.74) is 11.4. The zero-order valence-electron chi connectivity index (χ0n) is 36.0. The van der Waals surface area contributed by atoms with Gasteiger partial charge in [0.05, 0.1) is 8.07 Å². The Morgan fingerprint density at radius 3 is 1.98 bits per heavy atom. The summed E-state index contributed by atoms with van der Waals surface area (Å²) >= 11 is 1.76. The van der Waals surface area contributed by atoms with E-state index in [0.717, 1.165) is 45.1 Å². The van der Waals surface area contributed by atoms with Gasteiger partial charge in [-0.05, 0) is 91.3 Å². The van der Waals surface area contributed by atoms with Crippen LogP contribution in [-0.2, 0) is 20.1 Å². The molecule has 6 aromatic carbocycles. The van der Waals surface area contributed by atoms with Crippen LogP contribution in [0.4, 0.5) is 0 Å². The first-order valence-corrected chi connectivity index (χ1v) is 25.2. The Labute approximate surface area is 375 Å². The summed E-state index contributed by atoms with van der Waals surface area (Å²) in [6, 6.07) is 55.9. The quantitative estimate of drug-likeness (QED) is 0.117. The molecule has 3 aromatic heterocycles. The number of benzene rings is 6. The molecule has 0 N–H and O–H groups in total. The number of hydrogen-bond acceptors (Lipinski definition) is 3. The predicted octanol–water partition coefficient (Wildman–Crippen LogP) is 15.3. The predicted molar refractivity (Wildman–Crippen MR) is 257 cm³/mol. The minimum absolute atomic E-state index is 0. The van der Waals surface area contributed by atoms with Gasteiger partial charge in [0.15, 0.2) is 0 Å². The molecule has 0 atom stereocenters. The Bertz CT molecular complexity index is 2960. The van der Waals surface area contributed by atoms with Gasteiger partial charge in [-0.1, -0.05) is 166 Å². The summed E-state index contributed by atoms with van der Waals surface area (Å²) < 4.78 is 11.2. The van der Waals surface area contributed by atoms with E-state index in [1.54, 1.807) is 22.1 Å². The molecule has 0 aliphatic heterocycles. The minimum Gasteiger partial charge on any atom is -0.305 e. The standard InChI is InChI=1S/C32H24NS.C23H26NSi.Ir/c1-21(2)28-17-26(23-11-7-4-8-12-23)18-29-27-14-13-25(20-31(27)34-32(28)29)30-19-24(15-16-33-30)22-9-5-3-6-10-22;1-25(2,3)23-16-24-22(15-21(23)18-9-5-6-10-18)20-13-12-17-8-4-7-11-19(17)14-20;/h3-12,14-21H,1-2H3;4,7-8,11-12,14-16,18H,5-6,9-10H2,1-3H3;/q2*-1;/i21D;;. The smallest absolute Gasteiger partial charge is 0.0799 e. The second-order valence-corrected chi connectivity index (χ2v) is 23.2. The van der Waals surface area contributed by atoms with Crippen molar-refractivity contribution in [2.24, 2.45) is 0 Å². The summed E-state index contributed by atoms with van der Waals surface area (Å²) in [5, 5.41) is 6.41. The largest absolute Gasteiger partial charge is 0.305 e. The van der Waals surface area contributed by atoms with Crippen LogP contribution in [0.3, 0.4) is 0 Å². The third-order valence-corrected chi connectivity index (χ3v) is 15.0. The van der Waals surface area contributed by atoms with Crippen molar-refractivity contribution in [1.82, 2.24) is 9.97 Å². The van der Waals surface area contributed by atoms with E-state index in [1.165, 1.54) is 67.8 Å². The number of thiophene rings is 1. The van der Waals surface area contributed by atoms with Crippen molar-refractivity contribution in [2.45, 2.75) is 71.0 Å². The second kappa shape index (κ2) is 17.9. The Kier molecular flexibility index (Phi) is 12.0. The molecule has 0 bridgehead atoms. The molecule has 60 heavy (non-hydrogen) atoms. The number of nitrogens with zero attached hydrogens (tertiary/aromatic N) is 2. The Balaban J connectivity index is 0.000000175. The SMILES string of the molecule is C[Si](C)(C)c1cnc(-c2[c-]cc3ccccc3c2)cc1C1CCCC1.[2H]C(C)(C)c1cc(-c2ccccc2)cc2c1sc1cc(-c3cc(-c4ccccc4)ccn3)[c-]cc12.[Ir]. The Morgan fingerprint density at radius 1 is 0.650 bits per heavy atom. The molecule has 1 aliphatic rings. The molecule has 9 aromatic rings. The summed E-state index contributed by atoms with van der Waals surface area (Å²) in [7, 11) is -1.39. The second-order valence-electron chi connectivity index (χ2n) is 17.2. The summed E-state index contributed by atoms with van der Waals surface area (Å²) in [6.07, 6.45) is 9.46. The van der Waals surface area contributed by atoms with E-state index in [2.05, 4.69) is 164 Å². The third kappa shape index (κ3) is 8.73. The molecule has 0 saturated heterocycles. The van der Waals surface area contributed by atoms with Crippen molar-refractivity contribution in [2.75, 3.05) is 0 Å². The maximum absolute atomic E-state index is 8.86. The molecule has 5 heteroatoms. The van der Waals surface area contributed by atoms with Gasteiger partial charge in [-0.2, -0.15) is 11.3 Å². The van der Waals surface area contributed by atoms with E-state index < -0.39 is 14.0 Å². The maximum Gasteiger partial charge on any atom is 0.0799 e. The van der Waals surface area contributed by atoms with E-state index in [0.29, 0.717) is 0 Å². The molecular weight excluding hydrogens is 941 g/mol. The summed E-state index contributed by atoms with van der Waals surface area (Å²) in [4.78, 5) is 9.51. The van der Waals surface area contributed by atoms with Gasteiger partial charge in [-0.15, -0.1) is 52.9 Å². The maximum atomic E-state index is 8.86. The monoisotopic (exact) mass is 992 g/mol. The van der Waals surface area contributed by atoms with Crippen LogP contribution in [0.5, 0.6) is 0 Å². The van der Waals surface area contributed by atoms with Crippen molar-refractivity contribution < 1.29 is 21.5 Å². The third-order valence-electron chi connectivity index (χ3n) is 11.8. The average Bonchev–Trinajstić information content (AvgIpc) is 3.95. The molecule has 0 unspecified atom stereocenters. The number of aromatic nitrogens is 2. The number of pyridine rings is 2. The molecule has 3 heterocycles. The van der Waals surface area contributed by atoms with Crippen LogP contribution in [-0.4, -0.2) is 18.0 Å². The van der Waals surface area contributed by atoms with Gasteiger partial charge < -0.3 is 9.97 Å². The average molecular weight is 992 g/mol. The van der Waals surface area contributed by atoms with Crippen molar-refractivity contribution in [3.05, 3.63) is 175 Å². The zero-order chi connectivity index (χ0) is 41.4. The molecular formula is C55H50IrN2SSi-2. The van der Waals surface area contributed by atoms with Gasteiger partial charge in [0.1, 0.15) is 0 Å². The van der Waals surface area contributed by atoms with Crippen molar-refractivity contribution in [3.63, 3.8) is 0 Å². The molecule has 0 spiro atoms. The van der Waals surface area contributed by atoms with E-state index in [9.17, 15) is 0 Å². The summed E-state index contributed by atoms with van der Waals surface area (Å²) in [5.74, 6) is 0.0195. The Hall–Kier alpha value is -5.03. The topological polar surface area (TPSA) is 25.8 Å². The molecule has 0 amide bonds. The van der Waals surface area contributed by atoms with E-state index in [-0.39, 0.29) is 20.1 Å². The first-order valence-electron chi connectivity index (χ1n) is 21.4. The van der Waals surface area contributed by atoms with Crippen LogP contribution < -0.4 is 5.19 Å². The van der Waals surface area contributed by atoms with Crippen LogP contribution in [0.2, 0.25) is 19.6 Å². The fraction of sp³-hybridized carbons (Fsp3) is 0.200. The van der Waals surface area contributed by atoms with Crippen LogP contribution in [0.1, 0.15) is 63.8 Å². The van der Waals surface area contributed by atoms with Crippen LogP contribution >= 0.6 is 11.3 Å².